The molecule has 0 saturated heterocycles. The molecule has 0 aliphatic rings. The van der Waals surface area contributed by atoms with Crippen LogP contribution in [0.5, 0.6) is 0 Å². The Labute approximate surface area is 96.3 Å². The van der Waals surface area contributed by atoms with E-state index in [1.807, 2.05) is 0 Å². The summed E-state index contributed by atoms with van der Waals surface area (Å²) in [5.41, 5.74) is 0. The number of hydrogen-bond donors (Lipinski definition) is 0. The van der Waals surface area contributed by atoms with Gasteiger partial charge < -0.3 is 0 Å². The predicted octanol–water partition coefficient (Wildman–Crippen LogP) is 4.35. The fourth-order valence-electron chi connectivity index (χ4n) is 1.69. The second-order valence-corrected chi connectivity index (χ2v) is 5.49. The van der Waals surface area contributed by atoms with Crippen molar-refractivity contribution < 1.29 is 0 Å². The van der Waals surface area contributed by atoms with Crippen LogP contribution in [0.15, 0.2) is 30.3 Å². The van der Waals surface area contributed by atoms with Crippen molar-refractivity contribution in [1.29, 1.82) is 0 Å². The summed E-state index contributed by atoms with van der Waals surface area (Å²) in [6, 6.07) is 10.9. The monoisotopic (exact) mass is 222 g/mol. The fourth-order valence-corrected chi connectivity index (χ4v) is 2.84. The van der Waals surface area contributed by atoms with E-state index in [1.165, 1.54) is 50.0 Å². The third-order valence-corrected chi connectivity index (χ3v) is 3.98. The van der Waals surface area contributed by atoms with Crippen LogP contribution in [-0.4, -0.2) is 6.16 Å². The SMILES string of the molecule is CCCCCCCCPc1ccccc1. The van der Waals surface area contributed by atoms with E-state index in [1.54, 1.807) is 0 Å². The quantitative estimate of drug-likeness (QED) is 0.453. The normalized spacial score (nSPS) is 11.3. The number of rotatable bonds is 8. The number of unbranched alkanes of at least 4 members (excludes halogenated alkanes) is 5. The van der Waals surface area contributed by atoms with Crippen LogP contribution >= 0.6 is 8.58 Å². The van der Waals surface area contributed by atoms with E-state index in [4.69, 9.17) is 0 Å². The van der Waals surface area contributed by atoms with E-state index in [9.17, 15) is 0 Å². The molecule has 0 heterocycles. The highest BCUT2D eigenvalue weighted by molar-refractivity contribution is 7.47. The first-order valence-corrected chi connectivity index (χ1v) is 7.43. The third kappa shape index (κ3) is 6.68. The Hall–Kier alpha value is -0.350. The van der Waals surface area contributed by atoms with Gasteiger partial charge in [0.05, 0.1) is 0 Å². The Morgan fingerprint density at radius 2 is 1.53 bits per heavy atom. The van der Waals surface area contributed by atoms with Gasteiger partial charge in [0, 0.05) is 0 Å². The molecule has 0 fully saturated rings. The molecule has 0 spiro atoms. The Morgan fingerprint density at radius 1 is 0.867 bits per heavy atom. The molecule has 0 aliphatic heterocycles. The van der Waals surface area contributed by atoms with Crippen molar-refractivity contribution in [1.82, 2.24) is 0 Å². The summed E-state index contributed by atoms with van der Waals surface area (Å²) in [4.78, 5) is 0. The summed E-state index contributed by atoms with van der Waals surface area (Å²) in [5.74, 6) is 0. The van der Waals surface area contributed by atoms with E-state index in [2.05, 4.69) is 37.3 Å². The maximum atomic E-state index is 2.27. The topological polar surface area (TPSA) is 0 Å². The van der Waals surface area contributed by atoms with Crippen molar-refractivity contribution in [2.24, 2.45) is 0 Å². The highest BCUT2D eigenvalue weighted by atomic mass is 31.1. The third-order valence-electron chi connectivity index (χ3n) is 2.63. The van der Waals surface area contributed by atoms with Crippen molar-refractivity contribution in [2.45, 2.75) is 45.4 Å². The lowest BCUT2D eigenvalue weighted by atomic mass is 10.1. The van der Waals surface area contributed by atoms with Crippen LogP contribution in [0.4, 0.5) is 0 Å². The second kappa shape index (κ2) is 8.92. The lowest BCUT2D eigenvalue weighted by Gasteiger charge is -2.02. The highest BCUT2D eigenvalue weighted by Crippen LogP contribution is 2.14. The van der Waals surface area contributed by atoms with E-state index in [0.29, 0.717) is 0 Å². The Morgan fingerprint density at radius 3 is 2.27 bits per heavy atom. The van der Waals surface area contributed by atoms with Crippen molar-refractivity contribution in [3.8, 4) is 0 Å². The van der Waals surface area contributed by atoms with Crippen molar-refractivity contribution >= 4 is 13.9 Å². The van der Waals surface area contributed by atoms with E-state index >= 15 is 0 Å². The molecule has 0 amide bonds. The maximum absolute atomic E-state index is 2.27. The fraction of sp³-hybridized carbons (Fsp3) is 0.571. The maximum Gasteiger partial charge on any atom is -0.0271 e. The van der Waals surface area contributed by atoms with Gasteiger partial charge >= 0.3 is 0 Å². The minimum atomic E-state index is 1.02. The van der Waals surface area contributed by atoms with Crippen LogP contribution in [0.1, 0.15) is 45.4 Å². The average molecular weight is 222 g/mol. The van der Waals surface area contributed by atoms with Crippen LogP contribution in [0.3, 0.4) is 0 Å². The lowest BCUT2D eigenvalue weighted by Crippen LogP contribution is -1.93. The molecule has 0 N–H and O–H groups in total. The number of benzene rings is 1. The molecule has 84 valence electrons. The summed E-state index contributed by atoms with van der Waals surface area (Å²) in [7, 11) is 1.02. The molecule has 1 aromatic carbocycles. The van der Waals surface area contributed by atoms with Gasteiger partial charge in [0.25, 0.3) is 0 Å². The van der Waals surface area contributed by atoms with Crippen LogP contribution in [0, 0.1) is 0 Å². The molecule has 0 aliphatic carbocycles. The molecule has 1 heteroatoms. The van der Waals surface area contributed by atoms with Gasteiger partial charge in [0.15, 0.2) is 0 Å². The smallest absolute Gasteiger partial charge is 0.0271 e. The number of hydrogen-bond acceptors (Lipinski definition) is 0. The molecule has 0 aromatic heterocycles. The zero-order valence-electron chi connectivity index (χ0n) is 9.84. The largest absolute Gasteiger partial charge is 0.0904 e. The molecule has 0 saturated carbocycles. The minimum absolute atomic E-state index is 1.02. The first kappa shape index (κ1) is 12.7. The van der Waals surface area contributed by atoms with Crippen LogP contribution in [0.25, 0.3) is 0 Å². The van der Waals surface area contributed by atoms with Crippen LogP contribution in [0.2, 0.25) is 0 Å². The molecule has 15 heavy (non-hydrogen) atoms. The molecular formula is C14H23P. The van der Waals surface area contributed by atoms with Crippen molar-refractivity contribution in [2.75, 3.05) is 6.16 Å². The van der Waals surface area contributed by atoms with Crippen LogP contribution < -0.4 is 5.30 Å². The van der Waals surface area contributed by atoms with Crippen LogP contribution in [-0.2, 0) is 0 Å². The summed E-state index contributed by atoms with van der Waals surface area (Å²) < 4.78 is 0. The molecule has 0 radical (unpaired) electrons. The van der Waals surface area contributed by atoms with E-state index in [-0.39, 0.29) is 0 Å². The molecule has 0 bridgehead atoms. The second-order valence-electron chi connectivity index (χ2n) is 4.06. The zero-order valence-corrected chi connectivity index (χ0v) is 10.8. The van der Waals surface area contributed by atoms with Gasteiger partial charge in [-0.3, -0.25) is 0 Å². The Kier molecular flexibility index (Phi) is 7.56. The predicted molar refractivity (Wildman–Crippen MR) is 72.6 cm³/mol. The van der Waals surface area contributed by atoms with Gasteiger partial charge in [-0.15, -0.1) is 0 Å². The Bertz CT molecular complexity index is 230. The van der Waals surface area contributed by atoms with Gasteiger partial charge in [0.1, 0.15) is 0 Å². The van der Waals surface area contributed by atoms with Gasteiger partial charge in [-0.05, 0) is 17.9 Å². The van der Waals surface area contributed by atoms with Crippen molar-refractivity contribution in [3.63, 3.8) is 0 Å². The molecule has 1 unspecified atom stereocenters. The first-order chi connectivity index (χ1) is 7.43. The molecule has 1 aromatic rings. The summed E-state index contributed by atoms with van der Waals surface area (Å²) in [6.07, 6.45) is 9.87. The van der Waals surface area contributed by atoms with E-state index < -0.39 is 0 Å². The Balaban J connectivity index is 1.93. The highest BCUT2D eigenvalue weighted by Gasteiger charge is 1.92. The molecule has 1 rings (SSSR count). The van der Waals surface area contributed by atoms with E-state index in [0.717, 1.165) is 8.58 Å². The molecular weight excluding hydrogens is 199 g/mol. The minimum Gasteiger partial charge on any atom is -0.0904 e. The van der Waals surface area contributed by atoms with Gasteiger partial charge in [-0.25, -0.2) is 0 Å². The van der Waals surface area contributed by atoms with Crippen molar-refractivity contribution in [3.05, 3.63) is 30.3 Å². The lowest BCUT2D eigenvalue weighted by molar-refractivity contribution is 0.626. The van der Waals surface area contributed by atoms with Gasteiger partial charge in [-0.2, -0.15) is 0 Å². The first-order valence-electron chi connectivity index (χ1n) is 6.22. The summed E-state index contributed by atoms with van der Waals surface area (Å²) >= 11 is 0. The van der Waals surface area contributed by atoms with Gasteiger partial charge in [0.2, 0.25) is 0 Å². The standard InChI is InChI=1S/C14H23P/c1-2-3-4-5-6-10-13-15-14-11-8-7-9-12-14/h7-9,11-12,15H,2-6,10,13H2,1H3. The summed E-state index contributed by atoms with van der Waals surface area (Å²) in [6.45, 7) is 2.27. The molecule has 0 nitrogen and oxygen atoms in total. The zero-order chi connectivity index (χ0) is 10.8. The van der Waals surface area contributed by atoms with Gasteiger partial charge in [-0.1, -0.05) is 77.9 Å². The molecule has 1 atom stereocenters. The summed E-state index contributed by atoms with van der Waals surface area (Å²) in [5, 5.41) is 1.52. The average Bonchev–Trinajstić information content (AvgIpc) is 2.29.